The number of halogens is 1. The maximum Gasteiger partial charge on any atom is 0.264 e. The van der Waals surface area contributed by atoms with Crippen molar-refractivity contribution in [2.24, 2.45) is 0 Å². The smallest absolute Gasteiger partial charge is 0.264 e. The molecule has 7 heteroatoms. The average Bonchev–Trinajstić information content (AvgIpc) is 2.78. The molecule has 0 aliphatic heterocycles. The van der Waals surface area contributed by atoms with Crippen molar-refractivity contribution in [1.29, 1.82) is 0 Å². The van der Waals surface area contributed by atoms with Crippen LogP contribution in [0.5, 0.6) is 0 Å². The van der Waals surface area contributed by atoms with E-state index in [-0.39, 0.29) is 28.8 Å². The zero-order valence-corrected chi connectivity index (χ0v) is 22.2. The summed E-state index contributed by atoms with van der Waals surface area (Å²) in [5.74, 6) is -0.375. The molecule has 3 aromatic rings. The summed E-state index contributed by atoms with van der Waals surface area (Å²) in [7, 11) is -3.91. The highest BCUT2D eigenvalue weighted by Gasteiger charge is 2.27. The zero-order valence-electron chi connectivity index (χ0n) is 19.2. The van der Waals surface area contributed by atoms with E-state index in [1.165, 1.54) is 17.7 Å². The average molecular weight is 577 g/mol. The molecule has 0 heterocycles. The van der Waals surface area contributed by atoms with Crippen molar-refractivity contribution >= 4 is 44.2 Å². The Morgan fingerprint density at radius 1 is 0.939 bits per heavy atom. The molecule has 1 unspecified atom stereocenters. The van der Waals surface area contributed by atoms with Gasteiger partial charge in [-0.3, -0.25) is 9.10 Å². The summed E-state index contributed by atoms with van der Waals surface area (Å²) in [5.41, 5.74) is 2.66. The first-order valence-corrected chi connectivity index (χ1v) is 13.2. The fraction of sp³-hybridized carbons (Fsp3) is 0.269. The van der Waals surface area contributed by atoms with Crippen LogP contribution in [0.3, 0.4) is 0 Å². The first-order valence-electron chi connectivity index (χ1n) is 10.7. The second-order valence-electron chi connectivity index (χ2n) is 8.96. The Hall–Kier alpha value is -2.39. The molecular weight excluding hydrogens is 547 g/mol. The number of benzene rings is 3. The lowest BCUT2D eigenvalue weighted by atomic mass is 9.86. The van der Waals surface area contributed by atoms with Gasteiger partial charge in [0.1, 0.15) is 6.54 Å². The van der Waals surface area contributed by atoms with E-state index in [0.717, 1.165) is 13.4 Å². The van der Waals surface area contributed by atoms with E-state index in [9.17, 15) is 13.2 Å². The number of nitrogens with one attached hydrogen (secondary N) is 1. The van der Waals surface area contributed by atoms with Crippen molar-refractivity contribution in [2.75, 3.05) is 10.8 Å². The molecular formula is C26H29IN2O3S. The lowest BCUT2D eigenvalue weighted by molar-refractivity contribution is -0.120. The van der Waals surface area contributed by atoms with Gasteiger partial charge in [0.2, 0.25) is 5.91 Å². The number of amides is 1. The van der Waals surface area contributed by atoms with Gasteiger partial charge >= 0.3 is 0 Å². The molecule has 0 aliphatic carbocycles. The Bertz CT molecular complexity index is 1190. The fourth-order valence-corrected chi connectivity index (χ4v) is 5.22. The predicted octanol–water partition coefficient (Wildman–Crippen LogP) is 5.66. The topological polar surface area (TPSA) is 66.5 Å². The van der Waals surface area contributed by atoms with E-state index < -0.39 is 10.0 Å². The number of sulfonamides is 1. The van der Waals surface area contributed by atoms with Crippen LogP contribution in [0.15, 0.2) is 83.8 Å². The number of rotatable bonds is 7. The minimum atomic E-state index is -3.91. The van der Waals surface area contributed by atoms with E-state index in [1.54, 1.807) is 30.3 Å². The van der Waals surface area contributed by atoms with E-state index in [0.29, 0.717) is 5.69 Å². The molecule has 1 N–H and O–H groups in total. The first kappa shape index (κ1) is 25.2. The van der Waals surface area contributed by atoms with Crippen molar-refractivity contribution in [3.05, 3.63) is 93.6 Å². The third-order valence-electron chi connectivity index (χ3n) is 5.39. The van der Waals surface area contributed by atoms with Gasteiger partial charge in [-0.25, -0.2) is 8.42 Å². The second-order valence-corrected chi connectivity index (χ2v) is 12.1. The quantitative estimate of drug-likeness (QED) is 0.369. The van der Waals surface area contributed by atoms with E-state index in [1.807, 2.05) is 31.2 Å². The highest BCUT2D eigenvalue weighted by Crippen LogP contribution is 2.26. The van der Waals surface area contributed by atoms with Crippen molar-refractivity contribution < 1.29 is 13.2 Å². The van der Waals surface area contributed by atoms with Crippen molar-refractivity contribution in [3.8, 4) is 0 Å². The van der Waals surface area contributed by atoms with Crippen molar-refractivity contribution in [2.45, 2.75) is 44.0 Å². The molecule has 0 radical (unpaired) electrons. The monoisotopic (exact) mass is 576 g/mol. The van der Waals surface area contributed by atoms with Crippen LogP contribution in [0.2, 0.25) is 0 Å². The lowest BCUT2D eigenvalue weighted by Gasteiger charge is -2.25. The normalized spacial score (nSPS) is 12.8. The number of nitrogens with zero attached hydrogens (tertiary/aromatic N) is 1. The van der Waals surface area contributed by atoms with Crippen LogP contribution >= 0.6 is 22.6 Å². The molecule has 5 nitrogen and oxygen atoms in total. The van der Waals surface area contributed by atoms with Gasteiger partial charge in [-0.05, 0) is 82.5 Å². The van der Waals surface area contributed by atoms with Gasteiger partial charge < -0.3 is 5.32 Å². The van der Waals surface area contributed by atoms with Gasteiger partial charge in [0.15, 0.2) is 0 Å². The molecule has 174 valence electrons. The molecule has 33 heavy (non-hydrogen) atoms. The molecule has 0 bridgehead atoms. The number of carbonyl (C=O) groups excluding carboxylic acids is 1. The third-order valence-corrected chi connectivity index (χ3v) is 7.89. The Balaban J connectivity index is 1.82. The maximum atomic E-state index is 13.4. The van der Waals surface area contributed by atoms with Gasteiger partial charge in [-0.1, -0.05) is 63.2 Å². The standard InChI is InChI=1S/C26H29IN2O3S/c1-19(20-10-12-21(13-11-20)26(2,3)4)28-25(30)18-29(23-16-14-22(27)15-17-23)33(31,32)24-8-6-5-7-9-24/h5-17,19H,18H2,1-4H3,(H,28,30). The second kappa shape index (κ2) is 10.3. The van der Waals surface area contributed by atoms with Gasteiger partial charge in [-0.2, -0.15) is 0 Å². The van der Waals surface area contributed by atoms with E-state index in [2.05, 4.69) is 60.8 Å². The van der Waals surface area contributed by atoms with Crippen molar-refractivity contribution in [1.82, 2.24) is 5.32 Å². The molecule has 1 atom stereocenters. The molecule has 0 aliphatic rings. The lowest BCUT2D eigenvalue weighted by Crippen LogP contribution is -2.41. The SMILES string of the molecule is CC(NC(=O)CN(c1ccc(I)cc1)S(=O)(=O)c1ccccc1)c1ccc(C(C)(C)C)cc1. The molecule has 1 amide bonds. The van der Waals surface area contributed by atoms with Crippen LogP contribution in [0.1, 0.15) is 44.9 Å². The van der Waals surface area contributed by atoms with Crippen LogP contribution in [-0.4, -0.2) is 20.9 Å². The Kier molecular flexibility index (Phi) is 7.84. The van der Waals surface area contributed by atoms with Crippen LogP contribution < -0.4 is 9.62 Å². The third kappa shape index (κ3) is 6.35. The molecule has 0 fully saturated rings. The van der Waals surface area contributed by atoms with E-state index >= 15 is 0 Å². The summed E-state index contributed by atoms with van der Waals surface area (Å²) in [5, 5.41) is 2.94. The number of anilines is 1. The highest BCUT2D eigenvalue weighted by molar-refractivity contribution is 14.1. The molecule has 0 saturated carbocycles. The summed E-state index contributed by atoms with van der Waals surface area (Å²) >= 11 is 2.16. The Morgan fingerprint density at radius 2 is 1.52 bits per heavy atom. The first-order chi connectivity index (χ1) is 15.5. The minimum absolute atomic E-state index is 0.0464. The minimum Gasteiger partial charge on any atom is -0.348 e. The number of hydrogen-bond acceptors (Lipinski definition) is 3. The summed E-state index contributed by atoms with van der Waals surface area (Å²) in [6.07, 6.45) is 0. The highest BCUT2D eigenvalue weighted by atomic mass is 127. The molecule has 3 aromatic carbocycles. The van der Waals surface area contributed by atoms with Gasteiger partial charge in [-0.15, -0.1) is 0 Å². The Morgan fingerprint density at radius 3 is 2.06 bits per heavy atom. The van der Waals surface area contributed by atoms with Gasteiger partial charge in [0.05, 0.1) is 16.6 Å². The number of carbonyl (C=O) groups is 1. The van der Waals surface area contributed by atoms with Gasteiger partial charge in [0.25, 0.3) is 10.0 Å². The zero-order chi connectivity index (χ0) is 24.2. The molecule has 0 saturated heterocycles. The van der Waals surface area contributed by atoms with Crippen LogP contribution in [-0.2, 0) is 20.2 Å². The molecule has 0 spiro atoms. The van der Waals surface area contributed by atoms with Crippen LogP contribution in [0, 0.1) is 3.57 Å². The van der Waals surface area contributed by atoms with Gasteiger partial charge in [0, 0.05) is 3.57 Å². The number of hydrogen-bond donors (Lipinski definition) is 1. The largest absolute Gasteiger partial charge is 0.348 e. The summed E-state index contributed by atoms with van der Waals surface area (Å²) in [4.78, 5) is 13.1. The molecule has 3 rings (SSSR count). The predicted molar refractivity (Wildman–Crippen MR) is 142 cm³/mol. The van der Waals surface area contributed by atoms with Crippen LogP contribution in [0.4, 0.5) is 5.69 Å². The maximum absolute atomic E-state index is 13.4. The van der Waals surface area contributed by atoms with Crippen LogP contribution in [0.25, 0.3) is 0 Å². The summed E-state index contributed by atoms with van der Waals surface area (Å²) in [6.45, 7) is 8.03. The summed E-state index contributed by atoms with van der Waals surface area (Å²) < 4.78 is 28.9. The summed E-state index contributed by atoms with van der Waals surface area (Å²) in [6, 6.07) is 23.1. The fourth-order valence-electron chi connectivity index (χ4n) is 3.41. The van der Waals surface area contributed by atoms with Crippen molar-refractivity contribution in [3.63, 3.8) is 0 Å². The molecule has 0 aromatic heterocycles. The van der Waals surface area contributed by atoms with E-state index in [4.69, 9.17) is 0 Å². The Labute approximate surface area is 210 Å².